The average Bonchev–Trinajstić information content (AvgIpc) is 3.60. The van der Waals surface area contributed by atoms with Crippen molar-refractivity contribution in [3.8, 4) is 5.75 Å². The van der Waals surface area contributed by atoms with Gasteiger partial charge in [0.1, 0.15) is 18.6 Å². The van der Waals surface area contributed by atoms with Gasteiger partial charge >= 0.3 is 6.18 Å². The van der Waals surface area contributed by atoms with Gasteiger partial charge in [-0.1, -0.05) is 19.1 Å². The topological polar surface area (TPSA) is 173 Å². The SMILES string of the molecule is CCc1c(N2CCN(C(=O)c3ncnc(C)c3O)CC2)c(=O)n2nc(C3=CCOCC3)nc2n1CC(=O)Nc1ccc(C(F)(F)F)c2cccnc12. The number of fused-ring (bicyclic) bond motifs is 2. The third-order valence-electron chi connectivity index (χ3n) is 9.15. The number of benzene rings is 1. The summed E-state index contributed by atoms with van der Waals surface area (Å²) in [6, 6.07) is 4.75. The fraction of sp³-hybridized carbons (Fsp3) is 0.353. The monoisotopic (exact) mass is 718 g/mol. The van der Waals surface area contributed by atoms with Crippen molar-refractivity contribution in [2.45, 2.75) is 39.4 Å². The number of hydrogen-bond acceptors (Lipinski definition) is 11. The quantitative estimate of drug-likeness (QED) is 0.253. The maximum atomic E-state index is 14.2. The molecule has 0 atom stereocenters. The molecule has 1 aromatic carbocycles. The third-order valence-corrected chi connectivity index (χ3v) is 9.15. The number of aromatic hydroxyl groups is 1. The lowest BCUT2D eigenvalue weighted by Gasteiger charge is -2.36. The minimum Gasteiger partial charge on any atom is -0.504 e. The van der Waals surface area contributed by atoms with Crippen LogP contribution in [-0.2, 0) is 28.7 Å². The first-order chi connectivity index (χ1) is 25.0. The van der Waals surface area contributed by atoms with Crippen LogP contribution in [0.2, 0.25) is 0 Å². The number of nitrogens with zero attached hydrogens (tertiary/aromatic N) is 9. The number of ether oxygens (including phenoxy) is 1. The van der Waals surface area contributed by atoms with E-state index in [1.807, 2.05) is 17.9 Å². The Bertz CT molecular complexity index is 2310. The van der Waals surface area contributed by atoms with Crippen LogP contribution in [0.5, 0.6) is 5.75 Å². The maximum absolute atomic E-state index is 14.2. The molecule has 1 fully saturated rings. The summed E-state index contributed by atoms with van der Waals surface area (Å²) in [7, 11) is 0. The Hall–Kier alpha value is -5.91. The molecule has 0 saturated carbocycles. The molecule has 2 amide bonds. The number of nitrogens with one attached hydrogen (secondary N) is 1. The number of carbonyl (C=O) groups excluding carboxylic acids is 2. The van der Waals surface area contributed by atoms with E-state index < -0.39 is 29.1 Å². The van der Waals surface area contributed by atoms with Crippen LogP contribution in [0.15, 0.2) is 47.7 Å². The van der Waals surface area contributed by atoms with Crippen molar-refractivity contribution in [1.29, 1.82) is 0 Å². The van der Waals surface area contributed by atoms with E-state index in [-0.39, 0.29) is 77.9 Å². The molecule has 2 N–H and O–H groups in total. The highest BCUT2D eigenvalue weighted by Crippen LogP contribution is 2.37. The number of anilines is 2. The predicted molar refractivity (Wildman–Crippen MR) is 182 cm³/mol. The molecule has 0 aliphatic carbocycles. The van der Waals surface area contributed by atoms with Crippen LogP contribution in [0.3, 0.4) is 0 Å². The molecule has 2 aliphatic rings. The van der Waals surface area contributed by atoms with Gasteiger partial charge in [0.15, 0.2) is 17.3 Å². The van der Waals surface area contributed by atoms with E-state index in [2.05, 4.69) is 25.4 Å². The van der Waals surface area contributed by atoms with Crippen LogP contribution in [-0.4, -0.2) is 95.3 Å². The number of carbonyl (C=O) groups is 2. The number of pyridine rings is 1. The Balaban J connectivity index is 1.25. The first-order valence-corrected chi connectivity index (χ1v) is 16.6. The summed E-state index contributed by atoms with van der Waals surface area (Å²) in [6.45, 7) is 4.72. The van der Waals surface area contributed by atoms with Crippen LogP contribution in [0.4, 0.5) is 24.5 Å². The molecular weight excluding hydrogens is 685 g/mol. The van der Waals surface area contributed by atoms with Crippen LogP contribution < -0.4 is 15.8 Å². The molecule has 270 valence electrons. The maximum Gasteiger partial charge on any atom is 0.417 e. The van der Waals surface area contributed by atoms with Gasteiger partial charge in [0, 0.05) is 37.8 Å². The van der Waals surface area contributed by atoms with E-state index in [0.29, 0.717) is 37.6 Å². The molecule has 0 spiro atoms. The molecule has 0 radical (unpaired) electrons. The van der Waals surface area contributed by atoms with Gasteiger partial charge in [-0.15, -0.1) is 5.10 Å². The number of hydrogen-bond donors (Lipinski definition) is 2. The van der Waals surface area contributed by atoms with Crippen molar-refractivity contribution >= 4 is 45.4 Å². The van der Waals surface area contributed by atoms with Crippen molar-refractivity contribution in [3.63, 3.8) is 0 Å². The second kappa shape index (κ2) is 13.7. The van der Waals surface area contributed by atoms with Gasteiger partial charge < -0.3 is 29.5 Å². The number of alkyl halides is 3. The molecule has 6 heterocycles. The zero-order chi connectivity index (χ0) is 36.7. The largest absolute Gasteiger partial charge is 0.504 e. The zero-order valence-electron chi connectivity index (χ0n) is 28.1. The van der Waals surface area contributed by atoms with Crippen LogP contribution >= 0.6 is 0 Å². The first kappa shape index (κ1) is 34.5. The zero-order valence-corrected chi connectivity index (χ0v) is 28.1. The van der Waals surface area contributed by atoms with Gasteiger partial charge in [-0.05, 0) is 43.5 Å². The summed E-state index contributed by atoms with van der Waals surface area (Å²) in [5.41, 5.74) is 0.413. The lowest BCUT2D eigenvalue weighted by molar-refractivity contribution is -0.136. The lowest BCUT2D eigenvalue weighted by Crippen LogP contribution is -2.51. The number of halogens is 3. The van der Waals surface area contributed by atoms with Gasteiger partial charge in [-0.2, -0.15) is 22.7 Å². The Morgan fingerprint density at radius 1 is 1.08 bits per heavy atom. The summed E-state index contributed by atoms with van der Waals surface area (Å²) in [4.78, 5) is 61.3. The second-order valence-corrected chi connectivity index (χ2v) is 12.3. The number of aryl methyl sites for hydroxylation is 1. The number of aromatic nitrogens is 7. The predicted octanol–water partition coefficient (Wildman–Crippen LogP) is 3.23. The van der Waals surface area contributed by atoms with Crippen molar-refractivity contribution in [1.82, 2.24) is 39.0 Å². The van der Waals surface area contributed by atoms with Gasteiger partial charge in [-0.3, -0.25) is 19.4 Å². The highest BCUT2D eigenvalue weighted by molar-refractivity contribution is 6.01. The van der Waals surface area contributed by atoms with E-state index in [1.54, 1.807) is 11.5 Å². The molecule has 15 nitrogen and oxygen atoms in total. The Morgan fingerprint density at radius 3 is 2.58 bits per heavy atom. The Morgan fingerprint density at radius 2 is 1.87 bits per heavy atom. The van der Waals surface area contributed by atoms with Crippen LogP contribution in [0, 0.1) is 6.92 Å². The first-order valence-electron chi connectivity index (χ1n) is 16.6. The van der Waals surface area contributed by atoms with E-state index in [1.165, 1.54) is 35.6 Å². The smallest absolute Gasteiger partial charge is 0.417 e. The highest BCUT2D eigenvalue weighted by atomic mass is 19.4. The normalized spacial score (nSPS) is 15.3. The summed E-state index contributed by atoms with van der Waals surface area (Å²) in [5, 5.41) is 17.5. The van der Waals surface area contributed by atoms with Gasteiger partial charge in [0.2, 0.25) is 11.7 Å². The van der Waals surface area contributed by atoms with Gasteiger partial charge in [0.25, 0.3) is 11.5 Å². The highest BCUT2D eigenvalue weighted by Gasteiger charge is 2.34. The Labute approximate surface area is 293 Å². The summed E-state index contributed by atoms with van der Waals surface area (Å²) in [5.74, 6) is -0.942. The second-order valence-electron chi connectivity index (χ2n) is 12.3. The van der Waals surface area contributed by atoms with Gasteiger partial charge in [-0.25, -0.2) is 9.97 Å². The minimum atomic E-state index is -4.63. The molecule has 7 rings (SSSR count). The fourth-order valence-corrected chi connectivity index (χ4v) is 6.56. The van der Waals surface area contributed by atoms with Crippen molar-refractivity contribution < 1.29 is 32.6 Å². The lowest BCUT2D eigenvalue weighted by atomic mass is 10.1. The molecule has 4 aromatic heterocycles. The number of rotatable bonds is 7. The molecule has 18 heteroatoms. The average molecular weight is 719 g/mol. The van der Waals surface area contributed by atoms with Crippen molar-refractivity contribution in [2.75, 3.05) is 49.6 Å². The molecule has 2 aliphatic heterocycles. The Kier molecular flexibility index (Phi) is 9.08. The summed E-state index contributed by atoms with van der Waals surface area (Å²) >= 11 is 0. The van der Waals surface area contributed by atoms with Crippen LogP contribution in [0.25, 0.3) is 22.3 Å². The molecule has 0 unspecified atom stereocenters. The van der Waals surface area contributed by atoms with E-state index in [9.17, 15) is 32.7 Å². The van der Waals surface area contributed by atoms with E-state index in [0.717, 1.165) is 16.2 Å². The molecule has 0 bridgehead atoms. The molecule has 52 heavy (non-hydrogen) atoms. The molecule has 5 aromatic rings. The third kappa shape index (κ3) is 6.29. The van der Waals surface area contributed by atoms with E-state index in [4.69, 9.17) is 9.72 Å². The van der Waals surface area contributed by atoms with Crippen molar-refractivity contribution in [3.05, 3.63) is 81.7 Å². The summed E-state index contributed by atoms with van der Waals surface area (Å²) in [6.07, 6.45) is 0.572. The number of amides is 2. The fourth-order valence-electron chi connectivity index (χ4n) is 6.56. The van der Waals surface area contributed by atoms with Gasteiger partial charge in [0.05, 0.1) is 41.4 Å². The van der Waals surface area contributed by atoms with Crippen molar-refractivity contribution in [2.24, 2.45) is 0 Å². The molecule has 1 saturated heterocycles. The van der Waals surface area contributed by atoms with Crippen LogP contribution in [0.1, 0.15) is 46.6 Å². The molecular formula is C34H33F3N10O5. The standard InChI is InChI=1S/C34H33F3N10O5/c1-3-24-28(44-11-13-45(14-12-44)31(50)27-29(49)19(2)39-18-40-27)32(51)47-33(42-30(43-47)20-8-15-52-16-9-20)46(24)17-25(48)41-23-7-6-22(34(35,36)37)21-5-4-10-38-26(21)23/h4-8,10,18,49H,3,9,11-17H2,1-2H3,(H,41,48). The van der Waals surface area contributed by atoms with E-state index >= 15 is 0 Å². The number of piperazine rings is 1. The minimum absolute atomic E-state index is 0.0267. The summed E-state index contributed by atoms with van der Waals surface area (Å²) < 4.78 is 49.4.